The monoisotopic (exact) mass is 406 g/mol. The molecule has 0 aromatic heterocycles. The van der Waals surface area contributed by atoms with E-state index in [0.29, 0.717) is 28.5 Å². The molecule has 0 amide bonds. The van der Waals surface area contributed by atoms with Gasteiger partial charge in [-0.25, -0.2) is 4.79 Å². The van der Waals surface area contributed by atoms with Gasteiger partial charge in [-0.1, -0.05) is 26.0 Å². The number of carbonyl (C=O) groups excluding carboxylic acids is 3. The Balaban J connectivity index is 1.68. The van der Waals surface area contributed by atoms with Crippen molar-refractivity contribution in [2.45, 2.75) is 32.6 Å². The molecular weight excluding hydrogens is 384 g/mol. The van der Waals surface area contributed by atoms with E-state index in [1.807, 2.05) is 0 Å². The first-order chi connectivity index (χ1) is 14.4. The zero-order chi connectivity index (χ0) is 21.4. The average Bonchev–Trinajstić information content (AvgIpc) is 3.02. The number of carbonyl (C=O) groups is 3. The third-order valence-electron chi connectivity index (χ3n) is 5.27. The number of esters is 2. The molecule has 1 unspecified atom stereocenters. The fourth-order valence-corrected chi connectivity index (χ4v) is 3.95. The van der Waals surface area contributed by atoms with Crippen molar-refractivity contribution in [1.29, 1.82) is 0 Å². The van der Waals surface area contributed by atoms with Gasteiger partial charge in [0.2, 0.25) is 5.78 Å². The minimum absolute atomic E-state index is 0.0531. The van der Waals surface area contributed by atoms with Crippen LogP contribution >= 0.6 is 0 Å². The predicted molar refractivity (Wildman–Crippen MR) is 110 cm³/mol. The Bertz CT molecular complexity index is 1060. The minimum Gasteiger partial charge on any atom is -0.465 e. The lowest BCUT2D eigenvalue weighted by Gasteiger charge is -2.27. The number of ether oxygens (including phenoxy) is 3. The van der Waals surface area contributed by atoms with Gasteiger partial charge >= 0.3 is 11.9 Å². The lowest BCUT2D eigenvalue weighted by atomic mass is 9.84. The van der Waals surface area contributed by atoms with Crippen molar-refractivity contribution in [2.75, 3.05) is 7.11 Å². The summed E-state index contributed by atoms with van der Waals surface area (Å²) < 4.78 is 16.1. The molecular formula is C24H22O6. The number of hydrogen-bond acceptors (Lipinski definition) is 6. The lowest BCUT2D eigenvalue weighted by molar-refractivity contribution is -0.136. The zero-order valence-electron chi connectivity index (χ0n) is 17.1. The molecule has 2 aliphatic heterocycles. The molecule has 0 aliphatic carbocycles. The van der Waals surface area contributed by atoms with Crippen LogP contribution in [0.5, 0.6) is 11.5 Å². The van der Waals surface area contributed by atoms with E-state index in [2.05, 4.69) is 13.8 Å². The number of methoxy groups -OCH3 is 1. The van der Waals surface area contributed by atoms with Gasteiger partial charge in [0.25, 0.3) is 0 Å². The van der Waals surface area contributed by atoms with Crippen molar-refractivity contribution in [1.82, 2.24) is 0 Å². The maximum Gasteiger partial charge on any atom is 0.337 e. The number of allylic oxidation sites excluding steroid dienone is 1. The second kappa shape index (κ2) is 7.78. The van der Waals surface area contributed by atoms with Crippen LogP contribution in [-0.4, -0.2) is 24.8 Å². The van der Waals surface area contributed by atoms with Crippen LogP contribution in [-0.2, 0) is 9.53 Å². The highest BCUT2D eigenvalue weighted by Gasteiger charge is 2.37. The topological polar surface area (TPSA) is 78.9 Å². The van der Waals surface area contributed by atoms with Gasteiger partial charge in [-0.2, -0.15) is 0 Å². The number of rotatable bonds is 4. The van der Waals surface area contributed by atoms with Crippen molar-refractivity contribution in [3.63, 3.8) is 0 Å². The van der Waals surface area contributed by atoms with Crippen molar-refractivity contribution in [3.8, 4) is 11.5 Å². The van der Waals surface area contributed by atoms with E-state index >= 15 is 0 Å². The summed E-state index contributed by atoms with van der Waals surface area (Å²) in [7, 11) is 1.32. The maximum atomic E-state index is 12.9. The summed E-state index contributed by atoms with van der Waals surface area (Å²) in [5, 5.41) is 0. The third kappa shape index (κ3) is 3.61. The summed E-state index contributed by atoms with van der Waals surface area (Å²) in [4.78, 5) is 36.5. The highest BCUT2D eigenvalue weighted by molar-refractivity contribution is 6.15. The van der Waals surface area contributed by atoms with Crippen molar-refractivity contribution < 1.29 is 28.6 Å². The molecule has 0 spiro atoms. The van der Waals surface area contributed by atoms with Crippen LogP contribution in [0.4, 0.5) is 0 Å². The largest absolute Gasteiger partial charge is 0.465 e. The summed E-state index contributed by atoms with van der Waals surface area (Å²) >= 11 is 0. The fourth-order valence-electron chi connectivity index (χ4n) is 3.95. The summed E-state index contributed by atoms with van der Waals surface area (Å²) in [6, 6.07) is 10.0. The number of benzene rings is 2. The fraction of sp³-hybridized carbons (Fsp3) is 0.292. The van der Waals surface area contributed by atoms with Crippen LogP contribution < -0.4 is 9.47 Å². The molecule has 2 aromatic carbocycles. The molecule has 0 saturated heterocycles. The van der Waals surface area contributed by atoms with Gasteiger partial charge in [0, 0.05) is 11.5 Å². The average molecular weight is 406 g/mol. The van der Waals surface area contributed by atoms with Gasteiger partial charge < -0.3 is 14.2 Å². The third-order valence-corrected chi connectivity index (χ3v) is 5.27. The molecule has 2 heterocycles. The first kappa shape index (κ1) is 19.9. The molecule has 6 nitrogen and oxygen atoms in total. The van der Waals surface area contributed by atoms with Gasteiger partial charge in [-0.15, -0.1) is 0 Å². The molecule has 0 N–H and O–H groups in total. The lowest BCUT2D eigenvalue weighted by Crippen LogP contribution is -2.21. The standard InChI is InChI=1S/C24H22O6/c1-13(2)10-16-12-20(25)29-18-9-8-17-22(26)19(30-23(17)21(16)18)11-14-4-6-15(7-5-14)24(27)28-3/h4-9,11,13,16H,10,12H2,1-3H3. The number of ketones is 1. The Labute approximate surface area is 174 Å². The molecule has 0 bridgehead atoms. The number of Topliss-reactive ketones (excluding diaryl/α,β-unsaturated/α-hetero) is 1. The molecule has 2 aromatic rings. The van der Waals surface area contributed by atoms with Crippen molar-refractivity contribution in [3.05, 3.63) is 64.4 Å². The first-order valence-corrected chi connectivity index (χ1v) is 9.87. The molecule has 2 aliphatic rings. The van der Waals surface area contributed by atoms with Crippen LogP contribution in [0, 0.1) is 5.92 Å². The Morgan fingerprint density at radius 2 is 1.87 bits per heavy atom. The molecule has 0 radical (unpaired) electrons. The zero-order valence-corrected chi connectivity index (χ0v) is 17.1. The Kier molecular flexibility index (Phi) is 5.16. The summed E-state index contributed by atoms with van der Waals surface area (Å²) in [6.45, 7) is 4.19. The predicted octanol–water partition coefficient (Wildman–Crippen LogP) is 4.53. The molecule has 154 valence electrons. The quantitative estimate of drug-likeness (QED) is 0.422. The molecule has 0 saturated carbocycles. The minimum atomic E-state index is -0.424. The van der Waals surface area contributed by atoms with Crippen LogP contribution in [0.2, 0.25) is 0 Å². The highest BCUT2D eigenvalue weighted by atomic mass is 16.5. The van der Waals surface area contributed by atoms with E-state index in [-0.39, 0.29) is 29.9 Å². The highest BCUT2D eigenvalue weighted by Crippen LogP contribution is 2.48. The van der Waals surface area contributed by atoms with Gasteiger partial charge in [-0.3, -0.25) is 9.59 Å². The van der Waals surface area contributed by atoms with Gasteiger partial charge in [0.15, 0.2) is 5.76 Å². The van der Waals surface area contributed by atoms with Gasteiger partial charge in [0.05, 0.1) is 24.7 Å². The van der Waals surface area contributed by atoms with E-state index in [4.69, 9.17) is 14.2 Å². The number of fused-ring (bicyclic) bond motifs is 3. The van der Waals surface area contributed by atoms with E-state index in [1.54, 1.807) is 42.5 Å². The Morgan fingerprint density at radius 1 is 1.13 bits per heavy atom. The summed E-state index contributed by atoms with van der Waals surface area (Å²) in [6.07, 6.45) is 2.71. The second-order valence-electron chi connectivity index (χ2n) is 7.91. The van der Waals surface area contributed by atoms with Gasteiger partial charge in [0.1, 0.15) is 11.5 Å². The summed E-state index contributed by atoms with van der Waals surface area (Å²) in [5.74, 6) is 0.563. The van der Waals surface area contributed by atoms with Crippen LogP contribution in [0.15, 0.2) is 42.2 Å². The molecule has 6 heteroatoms. The van der Waals surface area contributed by atoms with Crippen LogP contribution in [0.3, 0.4) is 0 Å². The molecule has 4 rings (SSSR count). The van der Waals surface area contributed by atoms with Crippen LogP contribution in [0.25, 0.3) is 6.08 Å². The first-order valence-electron chi connectivity index (χ1n) is 9.87. The normalized spacial score (nSPS) is 18.7. The van der Waals surface area contributed by atoms with Crippen LogP contribution in [0.1, 0.15) is 64.4 Å². The van der Waals surface area contributed by atoms with Gasteiger partial charge in [-0.05, 0) is 48.2 Å². The molecule has 30 heavy (non-hydrogen) atoms. The van der Waals surface area contributed by atoms with E-state index in [9.17, 15) is 14.4 Å². The molecule has 1 atom stereocenters. The smallest absolute Gasteiger partial charge is 0.337 e. The van der Waals surface area contributed by atoms with E-state index < -0.39 is 5.97 Å². The van der Waals surface area contributed by atoms with Crippen molar-refractivity contribution in [2.24, 2.45) is 5.92 Å². The summed E-state index contributed by atoms with van der Waals surface area (Å²) in [5.41, 5.74) is 2.41. The van der Waals surface area contributed by atoms with E-state index in [1.165, 1.54) is 7.11 Å². The Morgan fingerprint density at radius 3 is 2.53 bits per heavy atom. The SMILES string of the molecule is COC(=O)c1ccc(C=C2Oc3c(ccc4c3C(CC(C)C)CC(=O)O4)C2=O)cc1. The molecule has 0 fully saturated rings. The number of hydrogen-bond donors (Lipinski definition) is 0. The Hall–Kier alpha value is -3.41. The second-order valence-corrected chi connectivity index (χ2v) is 7.91. The van der Waals surface area contributed by atoms with E-state index in [0.717, 1.165) is 17.5 Å². The van der Waals surface area contributed by atoms with Crippen molar-refractivity contribution >= 4 is 23.8 Å². The maximum absolute atomic E-state index is 12.9.